The number of hydrogen-bond donors (Lipinski definition) is 2. The Morgan fingerprint density at radius 3 is 2.55 bits per heavy atom. The van der Waals surface area contributed by atoms with Gasteiger partial charge in [-0.2, -0.15) is 0 Å². The molecule has 3 heterocycles. The van der Waals surface area contributed by atoms with Gasteiger partial charge in [-0.15, -0.1) is 11.3 Å². The molecule has 1 aromatic carbocycles. The molecular formula is C26H21F2N3O6S. The third kappa shape index (κ3) is 5.07. The van der Waals surface area contributed by atoms with Crippen molar-refractivity contribution in [3.8, 4) is 5.75 Å². The van der Waals surface area contributed by atoms with Gasteiger partial charge >= 0.3 is 5.97 Å². The van der Waals surface area contributed by atoms with E-state index in [1.807, 2.05) is 0 Å². The number of anilines is 1. The standard InChI is InChI=1S/C26H21F2N3O6S/c1-35-26(34)13-4-6-14(7-5-13)36-11-15-8-9-18(37-15)24(33)31-20-19-16(12-2-3-12)10-17(22(27)28)30-25(19)38-21(20)23(29)32/h4-10,12,22H,2-3,11H2,1H3,(H2,29,32)(H,31,33). The van der Waals surface area contributed by atoms with Crippen LogP contribution in [-0.2, 0) is 11.3 Å². The van der Waals surface area contributed by atoms with Crippen molar-refractivity contribution >= 4 is 45.0 Å². The molecule has 9 nitrogen and oxygen atoms in total. The van der Waals surface area contributed by atoms with Gasteiger partial charge in [-0.1, -0.05) is 0 Å². The molecule has 1 saturated carbocycles. The fraction of sp³-hybridized carbons (Fsp3) is 0.231. The minimum absolute atomic E-state index is 0.00488. The van der Waals surface area contributed by atoms with Crippen LogP contribution in [0.3, 0.4) is 0 Å². The minimum Gasteiger partial charge on any atom is -0.486 e. The molecule has 0 spiro atoms. The van der Waals surface area contributed by atoms with Crippen LogP contribution in [-0.4, -0.2) is 29.9 Å². The van der Waals surface area contributed by atoms with Crippen LogP contribution >= 0.6 is 11.3 Å². The summed E-state index contributed by atoms with van der Waals surface area (Å²) in [5, 5.41) is 3.12. The molecule has 2 amide bonds. The van der Waals surface area contributed by atoms with Crippen molar-refractivity contribution < 1.29 is 37.1 Å². The number of rotatable bonds is 9. The van der Waals surface area contributed by atoms with Gasteiger partial charge in [0.15, 0.2) is 5.76 Å². The third-order valence-corrected chi connectivity index (χ3v) is 7.06. The normalized spacial score (nSPS) is 13.1. The van der Waals surface area contributed by atoms with E-state index >= 15 is 0 Å². The van der Waals surface area contributed by atoms with Gasteiger partial charge in [0.2, 0.25) is 0 Å². The van der Waals surface area contributed by atoms with E-state index in [0.29, 0.717) is 28.0 Å². The maximum absolute atomic E-state index is 13.4. The number of furan rings is 1. The number of esters is 1. The van der Waals surface area contributed by atoms with Crippen LogP contribution in [0.4, 0.5) is 14.5 Å². The zero-order chi connectivity index (χ0) is 27.0. The van der Waals surface area contributed by atoms with Crippen molar-refractivity contribution in [1.29, 1.82) is 0 Å². The Balaban J connectivity index is 1.36. The number of carbonyl (C=O) groups is 3. The highest BCUT2D eigenvalue weighted by Gasteiger charge is 2.32. The second-order valence-electron chi connectivity index (χ2n) is 8.59. The molecule has 0 saturated heterocycles. The van der Waals surface area contributed by atoms with E-state index < -0.39 is 24.2 Å². The quantitative estimate of drug-likeness (QED) is 0.270. The minimum atomic E-state index is -2.77. The number of carbonyl (C=O) groups excluding carboxylic acids is 3. The SMILES string of the molecule is COC(=O)c1ccc(OCc2ccc(C(=O)Nc3c(C(N)=O)sc4nc(C(F)F)cc(C5CC5)c34)o2)cc1. The third-order valence-electron chi connectivity index (χ3n) is 5.96. The number of aromatic nitrogens is 1. The van der Waals surface area contributed by atoms with Gasteiger partial charge in [-0.05, 0) is 66.8 Å². The van der Waals surface area contributed by atoms with Crippen LogP contribution in [0.15, 0.2) is 46.9 Å². The lowest BCUT2D eigenvalue weighted by molar-refractivity contribution is 0.0600. The number of nitrogens with zero attached hydrogens (tertiary/aromatic N) is 1. The van der Waals surface area contributed by atoms with Gasteiger partial charge in [0, 0.05) is 5.39 Å². The number of benzene rings is 1. The highest BCUT2D eigenvalue weighted by molar-refractivity contribution is 7.21. The predicted molar refractivity (Wildman–Crippen MR) is 134 cm³/mol. The Hall–Kier alpha value is -4.32. The maximum Gasteiger partial charge on any atom is 0.337 e. The van der Waals surface area contributed by atoms with Gasteiger partial charge in [-0.25, -0.2) is 18.6 Å². The highest BCUT2D eigenvalue weighted by Crippen LogP contribution is 2.48. The summed E-state index contributed by atoms with van der Waals surface area (Å²) < 4.78 is 42.8. The van der Waals surface area contributed by atoms with E-state index in [1.165, 1.54) is 19.2 Å². The molecule has 0 radical (unpaired) electrons. The first-order chi connectivity index (χ1) is 18.2. The number of thiophene rings is 1. The molecule has 1 fully saturated rings. The molecule has 0 atom stereocenters. The number of methoxy groups -OCH3 is 1. The first-order valence-electron chi connectivity index (χ1n) is 11.5. The number of amides is 2. The number of halogens is 2. The fourth-order valence-corrected chi connectivity index (χ4v) is 5.00. The number of ether oxygens (including phenoxy) is 2. The van der Waals surface area contributed by atoms with Crippen molar-refractivity contribution in [2.24, 2.45) is 5.73 Å². The van der Waals surface area contributed by atoms with Crippen LogP contribution < -0.4 is 15.8 Å². The molecule has 0 bridgehead atoms. The van der Waals surface area contributed by atoms with Crippen molar-refractivity contribution in [2.75, 3.05) is 12.4 Å². The van der Waals surface area contributed by atoms with E-state index in [0.717, 1.165) is 24.2 Å². The molecule has 4 aromatic rings. The number of nitrogens with two attached hydrogens (primary N) is 1. The molecule has 1 aliphatic carbocycles. The Morgan fingerprint density at radius 1 is 1.18 bits per heavy atom. The summed E-state index contributed by atoms with van der Waals surface area (Å²) in [4.78, 5) is 41.0. The van der Waals surface area contributed by atoms with Gasteiger partial charge in [0.05, 0.1) is 18.4 Å². The Kier molecular flexibility index (Phi) is 6.81. The smallest absolute Gasteiger partial charge is 0.337 e. The first-order valence-corrected chi connectivity index (χ1v) is 12.3. The fourth-order valence-electron chi connectivity index (χ4n) is 3.98. The van der Waals surface area contributed by atoms with Crippen molar-refractivity contribution in [2.45, 2.75) is 31.8 Å². The van der Waals surface area contributed by atoms with Gasteiger partial charge in [-0.3, -0.25) is 9.59 Å². The molecular weight excluding hydrogens is 520 g/mol. The van der Waals surface area contributed by atoms with Crippen LogP contribution in [0, 0.1) is 0 Å². The largest absolute Gasteiger partial charge is 0.486 e. The summed E-state index contributed by atoms with van der Waals surface area (Å²) in [7, 11) is 1.29. The molecule has 0 aliphatic heterocycles. The molecule has 12 heteroatoms. The Labute approximate surface area is 218 Å². The summed E-state index contributed by atoms with van der Waals surface area (Å²) in [5.41, 5.74) is 6.28. The average Bonchev–Trinajstić information content (AvgIpc) is 3.53. The zero-order valence-electron chi connectivity index (χ0n) is 20.0. The second kappa shape index (κ2) is 10.2. The number of nitrogens with one attached hydrogen (secondary N) is 1. The van der Waals surface area contributed by atoms with E-state index in [2.05, 4.69) is 15.0 Å². The topological polar surface area (TPSA) is 134 Å². The van der Waals surface area contributed by atoms with E-state index in [1.54, 1.807) is 30.3 Å². The Bertz CT molecular complexity index is 1540. The van der Waals surface area contributed by atoms with Gasteiger partial charge < -0.3 is 24.9 Å². The molecule has 5 rings (SSSR count). The number of fused-ring (bicyclic) bond motifs is 1. The average molecular weight is 542 g/mol. The van der Waals surface area contributed by atoms with Crippen LogP contribution in [0.1, 0.15) is 72.8 Å². The summed E-state index contributed by atoms with van der Waals surface area (Å²) in [6.07, 6.45) is -1.16. The Morgan fingerprint density at radius 2 is 1.92 bits per heavy atom. The number of primary amides is 1. The summed E-state index contributed by atoms with van der Waals surface area (Å²) in [6.45, 7) is 0.00488. The van der Waals surface area contributed by atoms with Crippen molar-refractivity contribution in [3.63, 3.8) is 0 Å². The zero-order valence-corrected chi connectivity index (χ0v) is 20.8. The van der Waals surface area contributed by atoms with E-state index in [4.69, 9.17) is 14.9 Å². The molecule has 0 unspecified atom stereocenters. The summed E-state index contributed by atoms with van der Waals surface area (Å²) >= 11 is 0.862. The first kappa shape index (κ1) is 25.3. The second-order valence-corrected chi connectivity index (χ2v) is 9.59. The monoisotopic (exact) mass is 541 g/mol. The lowest BCUT2D eigenvalue weighted by Gasteiger charge is -2.09. The molecule has 38 heavy (non-hydrogen) atoms. The van der Waals surface area contributed by atoms with Crippen LogP contribution in [0.2, 0.25) is 0 Å². The van der Waals surface area contributed by atoms with Gasteiger partial charge in [0.1, 0.15) is 33.5 Å². The van der Waals surface area contributed by atoms with Crippen molar-refractivity contribution in [3.05, 3.63) is 75.7 Å². The predicted octanol–water partition coefficient (Wildman–Crippen LogP) is 5.42. The number of alkyl halides is 2. The molecule has 3 aromatic heterocycles. The van der Waals surface area contributed by atoms with Gasteiger partial charge in [0.25, 0.3) is 18.2 Å². The maximum atomic E-state index is 13.4. The van der Waals surface area contributed by atoms with E-state index in [-0.39, 0.29) is 39.4 Å². The summed E-state index contributed by atoms with van der Waals surface area (Å²) in [6, 6.07) is 10.6. The highest BCUT2D eigenvalue weighted by atomic mass is 32.1. The molecule has 196 valence electrons. The number of pyridine rings is 1. The molecule has 3 N–H and O–H groups in total. The summed E-state index contributed by atoms with van der Waals surface area (Å²) in [5.74, 6) is -1.12. The lowest BCUT2D eigenvalue weighted by atomic mass is 10.0. The molecule has 1 aliphatic rings. The lowest BCUT2D eigenvalue weighted by Crippen LogP contribution is -2.16. The number of hydrogen-bond acceptors (Lipinski definition) is 8. The van der Waals surface area contributed by atoms with Crippen molar-refractivity contribution in [1.82, 2.24) is 4.98 Å². The van der Waals surface area contributed by atoms with E-state index in [9.17, 15) is 23.2 Å². The van der Waals surface area contributed by atoms with Crippen LogP contribution in [0.25, 0.3) is 10.2 Å². The van der Waals surface area contributed by atoms with Crippen LogP contribution in [0.5, 0.6) is 5.75 Å².